The maximum absolute atomic E-state index is 4.24. The van der Waals surface area contributed by atoms with E-state index in [1.165, 1.54) is 48.1 Å². The molecule has 34 heavy (non-hydrogen) atoms. The Morgan fingerprint density at radius 2 is 1.76 bits per heavy atom. The van der Waals surface area contributed by atoms with Crippen LogP contribution in [0.2, 0.25) is 0 Å². The average Bonchev–Trinajstić information content (AvgIpc) is 3.68. The first-order chi connectivity index (χ1) is 16.4. The fourth-order valence-electron chi connectivity index (χ4n) is 4.03. The quantitative estimate of drug-likeness (QED) is 0.319. The van der Waals surface area contributed by atoms with E-state index in [1.807, 2.05) is 13.0 Å². The van der Waals surface area contributed by atoms with E-state index in [-0.39, 0.29) is 0 Å². The molecule has 0 atom stereocenters. The third-order valence-corrected chi connectivity index (χ3v) is 6.18. The highest BCUT2D eigenvalue weighted by molar-refractivity contribution is 5.77. The number of anilines is 1. The molecule has 1 saturated carbocycles. The maximum atomic E-state index is 4.24. The number of aromatic nitrogens is 2. The van der Waals surface area contributed by atoms with Gasteiger partial charge >= 0.3 is 0 Å². The van der Waals surface area contributed by atoms with Crippen LogP contribution in [0.25, 0.3) is 11.3 Å². The second kappa shape index (κ2) is 12.4. The fourth-order valence-corrected chi connectivity index (χ4v) is 4.03. The predicted molar refractivity (Wildman–Crippen MR) is 147 cm³/mol. The summed E-state index contributed by atoms with van der Waals surface area (Å²) in [6.45, 7) is 19.0. The van der Waals surface area contributed by atoms with Gasteiger partial charge in [-0.3, -0.25) is 0 Å². The topological polar surface area (TPSA) is 41.0 Å². The van der Waals surface area contributed by atoms with Crippen LogP contribution in [0.1, 0.15) is 81.3 Å². The van der Waals surface area contributed by atoms with Crippen molar-refractivity contribution in [3.8, 4) is 0 Å². The molecule has 3 rings (SSSR count). The number of benzene rings is 1. The minimum atomic E-state index is 0.715. The molecular formula is C30H40N4. The molecule has 1 N–H and O–H groups in total. The summed E-state index contributed by atoms with van der Waals surface area (Å²) >= 11 is 0. The Morgan fingerprint density at radius 3 is 2.38 bits per heavy atom. The first-order valence-electron chi connectivity index (χ1n) is 12.6. The lowest BCUT2D eigenvalue weighted by molar-refractivity contribution is 0.703. The monoisotopic (exact) mass is 456 g/mol. The normalized spacial score (nSPS) is 13.8. The van der Waals surface area contributed by atoms with Crippen LogP contribution in [0.4, 0.5) is 5.69 Å². The van der Waals surface area contributed by atoms with Gasteiger partial charge < -0.3 is 10.2 Å². The van der Waals surface area contributed by atoms with E-state index >= 15 is 0 Å². The summed E-state index contributed by atoms with van der Waals surface area (Å²) in [7, 11) is 0. The van der Waals surface area contributed by atoms with Gasteiger partial charge in [-0.15, -0.1) is 0 Å². The second-order valence-corrected chi connectivity index (χ2v) is 9.15. The van der Waals surface area contributed by atoms with E-state index in [4.69, 9.17) is 0 Å². The van der Waals surface area contributed by atoms with Crippen molar-refractivity contribution in [2.45, 2.75) is 65.7 Å². The van der Waals surface area contributed by atoms with E-state index in [2.05, 4.69) is 84.5 Å². The number of aryl methyl sites for hydroxylation is 1. The third kappa shape index (κ3) is 7.18. The molecule has 0 amide bonds. The molecule has 180 valence electrons. The summed E-state index contributed by atoms with van der Waals surface area (Å²) in [5.41, 5.74) is 7.67. The van der Waals surface area contributed by atoms with Crippen LogP contribution in [-0.2, 0) is 0 Å². The molecule has 0 aliphatic heterocycles. The van der Waals surface area contributed by atoms with Crippen LogP contribution in [0, 0.1) is 6.92 Å². The lowest BCUT2D eigenvalue weighted by atomic mass is 9.98. The zero-order chi connectivity index (χ0) is 24.5. The molecule has 4 heteroatoms. The van der Waals surface area contributed by atoms with Crippen molar-refractivity contribution >= 4 is 17.0 Å². The SMILES string of the molecule is C=C(/C=C\C(=C/C)c1cc(C2CC2)cc(N(CCC)CCCC)c1)NC(=C)c1cnc(C)nc1. The summed E-state index contributed by atoms with van der Waals surface area (Å²) in [5.74, 6) is 1.46. The minimum Gasteiger partial charge on any atom is -0.372 e. The summed E-state index contributed by atoms with van der Waals surface area (Å²) in [4.78, 5) is 11.0. The van der Waals surface area contributed by atoms with Crippen LogP contribution in [-0.4, -0.2) is 23.1 Å². The number of nitrogens with one attached hydrogen (secondary N) is 1. The maximum Gasteiger partial charge on any atom is 0.125 e. The van der Waals surface area contributed by atoms with Gasteiger partial charge in [-0.1, -0.05) is 51.6 Å². The highest BCUT2D eigenvalue weighted by Gasteiger charge is 2.25. The summed E-state index contributed by atoms with van der Waals surface area (Å²) in [6, 6.07) is 7.16. The lowest BCUT2D eigenvalue weighted by Gasteiger charge is -2.26. The smallest absolute Gasteiger partial charge is 0.125 e. The number of nitrogens with zero attached hydrogens (tertiary/aromatic N) is 3. The van der Waals surface area contributed by atoms with Crippen LogP contribution in [0.15, 0.2) is 67.7 Å². The molecule has 0 unspecified atom stereocenters. The number of hydrogen-bond donors (Lipinski definition) is 1. The zero-order valence-electron chi connectivity index (χ0n) is 21.4. The Bertz CT molecular complexity index is 1040. The molecule has 1 fully saturated rings. The molecular weight excluding hydrogens is 416 g/mol. The second-order valence-electron chi connectivity index (χ2n) is 9.15. The fraction of sp³-hybridized carbons (Fsp3) is 0.400. The summed E-state index contributed by atoms with van der Waals surface area (Å²) in [5, 5.41) is 3.26. The Hall–Kier alpha value is -3.14. The minimum absolute atomic E-state index is 0.715. The van der Waals surface area contributed by atoms with Gasteiger partial charge in [-0.25, -0.2) is 9.97 Å². The van der Waals surface area contributed by atoms with Crippen molar-refractivity contribution in [3.63, 3.8) is 0 Å². The van der Waals surface area contributed by atoms with Crippen LogP contribution < -0.4 is 10.2 Å². The van der Waals surface area contributed by atoms with E-state index in [0.717, 1.165) is 42.3 Å². The molecule has 1 aromatic carbocycles. The van der Waals surface area contributed by atoms with E-state index in [0.29, 0.717) is 5.92 Å². The van der Waals surface area contributed by atoms with E-state index in [1.54, 1.807) is 12.4 Å². The molecule has 0 spiro atoms. The predicted octanol–water partition coefficient (Wildman–Crippen LogP) is 7.41. The molecule has 1 aromatic heterocycles. The number of hydrogen-bond acceptors (Lipinski definition) is 4. The number of allylic oxidation sites excluding steroid dienone is 4. The first kappa shape index (κ1) is 25.5. The Balaban J connectivity index is 1.78. The lowest BCUT2D eigenvalue weighted by Crippen LogP contribution is -2.25. The van der Waals surface area contributed by atoms with Crippen molar-refractivity contribution in [2.24, 2.45) is 0 Å². The van der Waals surface area contributed by atoms with Crippen molar-refractivity contribution in [1.82, 2.24) is 15.3 Å². The number of unbranched alkanes of at least 4 members (excludes halogenated alkanes) is 1. The standard InChI is InChI=1S/C30H40N4/c1-7-10-16-34(15-8-2)30-18-27(17-28(19-30)26-13-14-26)25(9-3)12-11-22(4)33-23(5)29-20-31-24(6)32-21-29/h9,11-12,17-21,26,33H,4-5,7-8,10,13-16H2,1-3,6H3/b12-11-,25-9+. The van der Waals surface area contributed by atoms with Crippen molar-refractivity contribution in [3.05, 3.63) is 90.2 Å². The molecule has 1 heterocycles. The molecule has 0 saturated heterocycles. The Kier molecular flexibility index (Phi) is 9.26. The largest absolute Gasteiger partial charge is 0.372 e. The molecule has 2 aromatic rings. The molecule has 0 bridgehead atoms. The molecule has 4 nitrogen and oxygen atoms in total. The molecule has 1 aliphatic carbocycles. The van der Waals surface area contributed by atoms with Gasteiger partial charge in [0.25, 0.3) is 0 Å². The Morgan fingerprint density at radius 1 is 1.03 bits per heavy atom. The zero-order valence-corrected chi connectivity index (χ0v) is 21.4. The molecule has 0 radical (unpaired) electrons. The van der Waals surface area contributed by atoms with Crippen molar-refractivity contribution in [1.29, 1.82) is 0 Å². The van der Waals surface area contributed by atoms with Crippen LogP contribution in [0.3, 0.4) is 0 Å². The summed E-state index contributed by atoms with van der Waals surface area (Å²) < 4.78 is 0. The van der Waals surface area contributed by atoms with Gasteiger partial charge in [-0.05, 0) is 80.4 Å². The van der Waals surface area contributed by atoms with Gasteiger partial charge in [0.15, 0.2) is 0 Å². The third-order valence-electron chi connectivity index (χ3n) is 6.18. The average molecular weight is 457 g/mol. The van der Waals surface area contributed by atoms with Crippen molar-refractivity contribution < 1.29 is 0 Å². The highest BCUT2D eigenvalue weighted by atomic mass is 15.1. The van der Waals surface area contributed by atoms with Gasteiger partial charge in [0.1, 0.15) is 5.82 Å². The van der Waals surface area contributed by atoms with Gasteiger partial charge in [-0.2, -0.15) is 0 Å². The molecule has 1 aliphatic rings. The Labute approximate surface area is 206 Å². The van der Waals surface area contributed by atoms with Crippen LogP contribution >= 0.6 is 0 Å². The van der Waals surface area contributed by atoms with E-state index < -0.39 is 0 Å². The van der Waals surface area contributed by atoms with Gasteiger partial charge in [0, 0.05) is 48.1 Å². The van der Waals surface area contributed by atoms with Gasteiger partial charge in [0.05, 0.1) is 0 Å². The first-order valence-corrected chi connectivity index (χ1v) is 12.6. The van der Waals surface area contributed by atoms with Gasteiger partial charge in [0.2, 0.25) is 0 Å². The summed E-state index contributed by atoms with van der Waals surface area (Å²) in [6.07, 6.45) is 16.1. The van der Waals surface area contributed by atoms with Crippen LogP contribution in [0.5, 0.6) is 0 Å². The van der Waals surface area contributed by atoms with E-state index in [9.17, 15) is 0 Å². The van der Waals surface area contributed by atoms with Crippen molar-refractivity contribution in [2.75, 3.05) is 18.0 Å². The number of rotatable bonds is 13. The highest BCUT2D eigenvalue weighted by Crippen LogP contribution is 2.42.